The summed E-state index contributed by atoms with van der Waals surface area (Å²) >= 11 is 1.63. The smallest absolute Gasteiger partial charge is 0.263 e. The van der Waals surface area contributed by atoms with Crippen LogP contribution in [-0.2, 0) is 11.3 Å². The Bertz CT molecular complexity index is 1540. The van der Waals surface area contributed by atoms with Gasteiger partial charge in [-0.3, -0.25) is 9.78 Å². The van der Waals surface area contributed by atoms with Gasteiger partial charge in [-0.15, -0.1) is 11.3 Å². The number of hydrogen-bond donors (Lipinski definition) is 0. The van der Waals surface area contributed by atoms with E-state index in [2.05, 4.69) is 4.98 Å². The Balaban J connectivity index is 1.39. The van der Waals surface area contributed by atoms with Crippen LogP contribution in [0, 0.1) is 0 Å². The van der Waals surface area contributed by atoms with Crippen LogP contribution in [-0.4, -0.2) is 38.3 Å². The maximum atomic E-state index is 13.9. The van der Waals surface area contributed by atoms with E-state index in [0.717, 1.165) is 38.6 Å². The molecule has 2 aromatic carbocycles. The standard InChI is InChI=1S/C28H23N5O2S/c1-35-20-13-11-19(12-14-20)25-17-23(26-10-6-16-36-26)31-33(25)27(34)18-32-24-9-3-2-7-21(24)30-28(32)22-8-4-5-15-29-22/h2-16,25H,17-18H2,1H3. The molecule has 0 fully saturated rings. The number of hydrazone groups is 1. The minimum atomic E-state index is -0.200. The number of thiophene rings is 1. The molecule has 0 aliphatic carbocycles. The van der Waals surface area contributed by atoms with Crippen molar-refractivity contribution in [3.8, 4) is 17.3 Å². The summed E-state index contributed by atoms with van der Waals surface area (Å²) < 4.78 is 7.26. The third kappa shape index (κ3) is 4.05. The van der Waals surface area contributed by atoms with Gasteiger partial charge in [0, 0.05) is 12.6 Å². The van der Waals surface area contributed by atoms with Crippen LogP contribution >= 0.6 is 11.3 Å². The molecule has 178 valence electrons. The molecule has 8 heteroatoms. The minimum Gasteiger partial charge on any atom is -0.497 e. The topological polar surface area (TPSA) is 72.6 Å². The molecule has 0 spiro atoms. The minimum absolute atomic E-state index is 0.0975. The molecule has 5 aromatic rings. The summed E-state index contributed by atoms with van der Waals surface area (Å²) in [5, 5.41) is 8.49. The third-order valence-electron chi connectivity index (χ3n) is 6.31. The SMILES string of the molecule is COc1ccc(C2CC(c3cccs3)=NN2C(=O)Cn2c(-c3ccccn3)nc3ccccc32)cc1. The van der Waals surface area contributed by atoms with Crippen LogP contribution in [0.1, 0.15) is 22.9 Å². The third-order valence-corrected chi connectivity index (χ3v) is 7.23. The van der Waals surface area contributed by atoms with Gasteiger partial charge in [0.15, 0.2) is 5.82 Å². The highest BCUT2D eigenvalue weighted by molar-refractivity contribution is 7.12. The number of imidazole rings is 1. The molecule has 3 aromatic heterocycles. The van der Waals surface area contributed by atoms with Crippen molar-refractivity contribution in [2.45, 2.75) is 19.0 Å². The second kappa shape index (κ2) is 9.39. The normalized spacial score (nSPS) is 15.3. The molecule has 0 saturated carbocycles. The maximum absolute atomic E-state index is 13.9. The average molecular weight is 494 g/mol. The first-order valence-electron chi connectivity index (χ1n) is 11.7. The zero-order valence-corrected chi connectivity index (χ0v) is 20.4. The first-order chi connectivity index (χ1) is 17.7. The van der Waals surface area contributed by atoms with Gasteiger partial charge in [-0.05, 0) is 53.4 Å². The highest BCUT2D eigenvalue weighted by atomic mass is 32.1. The number of methoxy groups -OCH3 is 1. The second-order valence-corrected chi connectivity index (χ2v) is 9.43. The van der Waals surface area contributed by atoms with Crippen molar-refractivity contribution in [1.29, 1.82) is 0 Å². The zero-order valence-electron chi connectivity index (χ0n) is 19.6. The summed E-state index contributed by atoms with van der Waals surface area (Å²) in [6.07, 6.45) is 2.38. The summed E-state index contributed by atoms with van der Waals surface area (Å²) in [6.45, 7) is 0.0975. The summed E-state index contributed by atoms with van der Waals surface area (Å²) in [7, 11) is 1.65. The van der Waals surface area contributed by atoms with Gasteiger partial charge in [0.2, 0.25) is 0 Å². The molecule has 1 atom stereocenters. The Labute approximate surface area is 212 Å². The number of benzene rings is 2. The molecule has 1 aliphatic heterocycles. The van der Waals surface area contributed by atoms with E-state index in [1.165, 1.54) is 0 Å². The molecule has 0 bridgehead atoms. The fraction of sp³-hybridized carbons (Fsp3) is 0.143. The lowest BCUT2D eigenvalue weighted by atomic mass is 10.0. The van der Waals surface area contributed by atoms with E-state index in [1.54, 1.807) is 29.7 Å². The number of carbonyl (C=O) groups excluding carboxylic acids is 1. The van der Waals surface area contributed by atoms with Gasteiger partial charge in [0.1, 0.15) is 18.0 Å². The summed E-state index contributed by atoms with van der Waals surface area (Å²) in [4.78, 5) is 24.2. The van der Waals surface area contributed by atoms with Crippen molar-refractivity contribution < 1.29 is 9.53 Å². The van der Waals surface area contributed by atoms with E-state index in [-0.39, 0.29) is 18.5 Å². The van der Waals surface area contributed by atoms with Crippen LogP contribution < -0.4 is 4.74 Å². The number of hydrogen-bond acceptors (Lipinski definition) is 6. The molecule has 1 aliphatic rings. The maximum Gasteiger partial charge on any atom is 0.263 e. The quantitative estimate of drug-likeness (QED) is 0.311. The van der Waals surface area contributed by atoms with Crippen LogP contribution in [0.25, 0.3) is 22.6 Å². The van der Waals surface area contributed by atoms with Crippen molar-refractivity contribution in [2.75, 3.05) is 7.11 Å². The van der Waals surface area contributed by atoms with Crippen LogP contribution in [0.2, 0.25) is 0 Å². The molecule has 1 unspecified atom stereocenters. The first-order valence-corrected chi connectivity index (χ1v) is 12.5. The number of ether oxygens (including phenoxy) is 1. The van der Waals surface area contributed by atoms with Crippen LogP contribution in [0.4, 0.5) is 0 Å². The zero-order chi connectivity index (χ0) is 24.5. The first kappa shape index (κ1) is 22.2. The lowest BCUT2D eigenvalue weighted by Crippen LogP contribution is -2.30. The van der Waals surface area contributed by atoms with E-state index in [9.17, 15) is 4.79 Å². The Kier molecular flexibility index (Phi) is 5.79. The monoisotopic (exact) mass is 493 g/mol. The van der Waals surface area contributed by atoms with Gasteiger partial charge < -0.3 is 9.30 Å². The van der Waals surface area contributed by atoms with Crippen molar-refractivity contribution in [1.82, 2.24) is 19.5 Å². The van der Waals surface area contributed by atoms with Gasteiger partial charge in [0.05, 0.1) is 34.8 Å². The molecule has 0 saturated heterocycles. The molecular weight excluding hydrogens is 470 g/mol. The lowest BCUT2D eigenvalue weighted by Gasteiger charge is -2.23. The molecular formula is C28H23N5O2S. The van der Waals surface area contributed by atoms with Gasteiger partial charge >= 0.3 is 0 Å². The molecule has 36 heavy (non-hydrogen) atoms. The Morgan fingerprint density at radius 3 is 2.61 bits per heavy atom. The highest BCUT2D eigenvalue weighted by Crippen LogP contribution is 2.35. The molecule has 0 N–H and O–H groups in total. The molecule has 1 amide bonds. The van der Waals surface area contributed by atoms with Crippen LogP contribution in [0.15, 0.2) is 95.5 Å². The highest BCUT2D eigenvalue weighted by Gasteiger charge is 2.34. The van der Waals surface area contributed by atoms with E-state index in [0.29, 0.717) is 12.2 Å². The summed E-state index contributed by atoms with van der Waals surface area (Å²) in [5.41, 5.74) is 4.35. The van der Waals surface area contributed by atoms with Gasteiger partial charge in [-0.25, -0.2) is 9.99 Å². The van der Waals surface area contributed by atoms with Crippen LogP contribution in [0.3, 0.4) is 0 Å². The molecule has 0 radical (unpaired) electrons. The molecule has 6 rings (SSSR count). The number of carbonyl (C=O) groups is 1. The number of amides is 1. The van der Waals surface area contributed by atoms with Crippen LogP contribution in [0.5, 0.6) is 5.75 Å². The fourth-order valence-electron chi connectivity index (χ4n) is 4.55. The van der Waals surface area contributed by atoms with E-state index < -0.39 is 0 Å². The predicted molar refractivity (Wildman–Crippen MR) is 141 cm³/mol. The van der Waals surface area contributed by atoms with Crippen molar-refractivity contribution in [2.24, 2.45) is 5.10 Å². The van der Waals surface area contributed by atoms with E-state index in [4.69, 9.17) is 14.8 Å². The van der Waals surface area contributed by atoms with Gasteiger partial charge in [-0.1, -0.05) is 36.4 Å². The fourth-order valence-corrected chi connectivity index (χ4v) is 5.27. The number of nitrogens with zero attached hydrogens (tertiary/aromatic N) is 5. The number of para-hydroxylation sites is 2. The summed E-state index contributed by atoms with van der Waals surface area (Å²) in [5.74, 6) is 1.33. The van der Waals surface area contributed by atoms with E-state index in [1.807, 2.05) is 88.8 Å². The van der Waals surface area contributed by atoms with E-state index >= 15 is 0 Å². The van der Waals surface area contributed by atoms with Gasteiger partial charge in [-0.2, -0.15) is 5.10 Å². The van der Waals surface area contributed by atoms with Crippen molar-refractivity contribution in [3.63, 3.8) is 0 Å². The second-order valence-electron chi connectivity index (χ2n) is 8.48. The number of rotatable bonds is 6. The van der Waals surface area contributed by atoms with Crippen molar-refractivity contribution in [3.05, 3.63) is 101 Å². The number of pyridine rings is 1. The number of fused-ring (bicyclic) bond motifs is 1. The number of aromatic nitrogens is 3. The lowest BCUT2D eigenvalue weighted by molar-refractivity contribution is -0.133. The summed E-state index contributed by atoms with van der Waals surface area (Å²) in [6, 6.07) is 25.2. The van der Waals surface area contributed by atoms with Crippen molar-refractivity contribution >= 4 is 34.0 Å². The largest absolute Gasteiger partial charge is 0.497 e. The Morgan fingerprint density at radius 1 is 1.03 bits per heavy atom. The Hall–Kier alpha value is -4.30. The molecule has 7 nitrogen and oxygen atoms in total. The Morgan fingerprint density at radius 2 is 1.86 bits per heavy atom. The van der Waals surface area contributed by atoms with Gasteiger partial charge in [0.25, 0.3) is 5.91 Å². The predicted octanol–water partition coefficient (Wildman–Crippen LogP) is 5.55. The average Bonchev–Trinajstić information content (AvgIpc) is 3.68. The molecule has 4 heterocycles.